The summed E-state index contributed by atoms with van der Waals surface area (Å²) >= 11 is 3.46. The van der Waals surface area contributed by atoms with Gasteiger partial charge in [0.15, 0.2) is 0 Å². The molecule has 1 fully saturated rings. The van der Waals surface area contributed by atoms with Crippen LogP contribution in [0.15, 0.2) is 0 Å². The number of nitrogens with zero attached hydrogens (tertiary/aromatic N) is 1. The molecule has 0 aliphatic carbocycles. The first kappa shape index (κ1) is 14.4. The predicted molar refractivity (Wildman–Crippen MR) is 70.2 cm³/mol. The maximum atomic E-state index is 5.62. The lowest BCUT2D eigenvalue weighted by Gasteiger charge is -2.31. The summed E-state index contributed by atoms with van der Waals surface area (Å²) in [5.41, 5.74) is 0. The molecule has 0 aromatic heterocycles. The first-order valence-electron chi connectivity index (χ1n) is 6.20. The van der Waals surface area contributed by atoms with Crippen LogP contribution in [0.5, 0.6) is 0 Å². The van der Waals surface area contributed by atoms with Crippen LogP contribution in [-0.4, -0.2) is 55.8 Å². The van der Waals surface area contributed by atoms with E-state index in [1.54, 1.807) is 0 Å². The minimum atomic E-state index is 0.351. The molecule has 4 heteroatoms. The molecule has 1 aliphatic heterocycles. The van der Waals surface area contributed by atoms with Gasteiger partial charge in [-0.3, -0.25) is 4.90 Å². The average Bonchev–Trinajstić information content (AvgIpc) is 2.28. The van der Waals surface area contributed by atoms with Gasteiger partial charge in [0.25, 0.3) is 0 Å². The Morgan fingerprint density at radius 1 is 1.44 bits per heavy atom. The molecule has 16 heavy (non-hydrogen) atoms. The van der Waals surface area contributed by atoms with Crippen LogP contribution in [0.25, 0.3) is 0 Å². The van der Waals surface area contributed by atoms with Gasteiger partial charge in [-0.2, -0.15) is 0 Å². The van der Waals surface area contributed by atoms with Crippen molar-refractivity contribution in [3.05, 3.63) is 0 Å². The number of halogens is 1. The van der Waals surface area contributed by atoms with Crippen molar-refractivity contribution in [3.63, 3.8) is 0 Å². The Balaban J connectivity index is 1.99. The minimum absolute atomic E-state index is 0.351. The van der Waals surface area contributed by atoms with E-state index in [1.807, 2.05) is 0 Å². The van der Waals surface area contributed by atoms with Gasteiger partial charge in [0, 0.05) is 31.6 Å². The van der Waals surface area contributed by atoms with E-state index in [1.165, 1.54) is 0 Å². The molecule has 0 spiro atoms. The molecule has 0 aromatic rings. The molecular weight excluding hydrogens is 270 g/mol. The predicted octanol–water partition coefficient (Wildman–Crippen LogP) is 2.14. The Kier molecular flexibility index (Phi) is 7.62. The summed E-state index contributed by atoms with van der Waals surface area (Å²) in [6.45, 7) is 10.1. The molecule has 0 radical (unpaired) electrons. The van der Waals surface area contributed by atoms with E-state index in [0.29, 0.717) is 6.10 Å². The second kappa shape index (κ2) is 8.45. The molecule has 1 heterocycles. The normalized spacial score (nSPS) is 22.9. The monoisotopic (exact) mass is 293 g/mol. The summed E-state index contributed by atoms with van der Waals surface area (Å²) in [5.74, 6) is 0.737. The molecule has 0 N–H and O–H groups in total. The van der Waals surface area contributed by atoms with Gasteiger partial charge in [-0.05, 0) is 12.3 Å². The van der Waals surface area contributed by atoms with Crippen LogP contribution in [0.4, 0.5) is 0 Å². The van der Waals surface area contributed by atoms with Crippen molar-refractivity contribution < 1.29 is 9.47 Å². The van der Waals surface area contributed by atoms with Crippen molar-refractivity contribution in [1.29, 1.82) is 0 Å². The van der Waals surface area contributed by atoms with E-state index >= 15 is 0 Å². The molecule has 0 saturated carbocycles. The second-order valence-corrected chi connectivity index (χ2v) is 5.39. The maximum Gasteiger partial charge on any atom is 0.0799 e. The molecule has 0 bridgehead atoms. The zero-order chi connectivity index (χ0) is 11.8. The Hall–Kier alpha value is 0.360. The van der Waals surface area contributed by atoms with Crippen molar-refractivity contribution in [2.24, 2.45) is 5.92 Å². The molecule has 0 amide bonds. The van der Waals surface area contributed by atoms with Gasteiger partial charge in [-0.15, -0.1) is 0 Å². The molecule has 1 atom stereocenters. The minimum Gasteiger partial charge on any atom is -0.380 e. The van der Waals surface area contributed by atoms with Crippen molar-refractivity contribution in [1.82, 2.24) is 4.90 Å². The van der Waals surface area contributed by atoms with Crippen molar-refractivity contribution in [2.75, 3.05) is 44.8 Å². The van der Waals surface area contributed by atoms with Crippen molar-refractivity contribution >= 4 is 15.9 Å². The SMILES string of the molecule is CC(C)CCOCCN1CCOC(CBr)C1. The summed E-state index contributed by atoms with van der Waals surface area (Å²) < 4.78 is 11.2. The third kappa shape index (κ3) is 6.18. The Morgan fingerprint density at radius 2 is 2.25 bits per heavy atom. The fraction of sp³-hybridized carbons (Fsp3) is 1.00. The highest BCUT2D eigenvalue weighted by molar-refractivity contribution is 9.09. The number of hydrogen-bond donors (Lipinski definition) is 0. The van der Waals surface area contributed by atoms with E-state index in [-0.39, 0.29) is 0 Å². The Labute approximate surface area is 108 Å². The molecule has 96 valence electrons. The number of rotatable bonds is 7. The number of hydrogen-bond acceptors (Lipinski definition) is 3. The Bertz CT molecular complexity index is 178. The third-order valence-electron chi connectivity index (χ3n) is 2.79. The molecule has 1 unspecified atom stereocenters. The van der Waals surface area contributed by atoms with Gasteiger partial charge >= 0.3 is 0 Å². The van der Waals surface area contributed by atoms with E-state index < -0.39 is 0 Å². The molecule has 1 saturated heterocycles. The van der Waals surface area contributed by atoms with Gasteiger partial charge in [-0.25, -0.2) is 0 Å². The van der Waals surface area contributed by atoms with Crippen LogP contribution in [-0.2, 0) is 9.47 Å². The highest BCUT2D eigenvalue weighted by Crippen LogP contribution is 2.07. The lowest BCUT2D eigenvalue weighted by Crippen LogP contribution is -2.44. The fourth-order valence-electron chi connectivity index (χ4n) is 1.69. The molecule has 3 nitrogen and oxygen atoms in total. The first-order valence-corrected chi connectivity index (χ1v) is 7.32. The van der Waals surface area contributed by atoms with Crippen LogP contribution >= 0.6 is 15.9 Å². The van der Waals surface area contributed by atoms with Gasteiger partial charge in [0.1, 0.15) is 0 Å². The zero-order valence-electron chi connectivity index (χ0n) is 10.5. The van der Waals surface area contributed by atoms with Crippen LogP contribution in [0, 0.1) is 5.92 Å². The van der Waals surface area contributed by atoms with Crippen molar-refractivity contribution in [2.45, 2.75) is 26.4 Å². The van der Waals surface area contributed by atoms with E-state index in [9.17, 15) is 0 Å². The lowest BCUT2D eigenvalue weighted by atomic mass is 10.1. The van der Waals surface area contributed by atoms with Gasteiger partial charge < -0.3 is 9.47 Å². The standard InChI is InChI=1S/C12H24BrNO2/c1-11(2)3-6-15-7-4-14-5-8-16-12(9-13)10-14/h11-12H,3-10H2,1-2H3. The second-order valence-electron chi connectivity index (χ2n) is 4.74. The summed E-state index contributed by atoms with van der Waals surface area (Å²) in [6.07, 6.45) is 1.51. The fourth-order valence-corrected chi connectivity index (χ4v) is 2.08. The summed E-state index contributed by atoms with van der Waals surface area (Å²) in [7, 11) is 0. The summed E-state index contributed by atoms with van der Waals surface area (Å²) in [4.78, 5) is 2.42. The topological polar surface area (TPSA) is 21.7 Å². The average molecular weight is 294 g/mol. The summed E-state index contributed by atoms with van der Waals surface area (Å²) in [5, 5.41) is 0.928. The first-order chi connectivity index (χ1) is 7.72. The van der Waals surface area contributed by atoms with Crippen LogP contribution < -0.4 is 0 Å². The largest absolute Gasteiger partial charge is 0.380 e. The lowest BCUT2D eigenvalue weighted by molar-refractivity contribution is -0.0246. The van der Waals surface area contributed by atoms with E-state index in [0.717, 1.165) is 57.1 Å². The quantitative estimate of drug-likeness (QED) is 0.530. The van der Waals surface area contributed by atoms with Crippen molar-refractivity contribution in [3.8, 4) is 0 Å². The summed E-state index contributed by atoms with van der Waals surface area (Å²) in [6, 6.07) is 0. The molecular formula is C12H24BrNO2. The van der Waals surface area contributed by atoms with Gasteiger partial charge in [-0.1, -0.05) is 29.8 Å². The van der Waals surface area contributed by atoms with E-state index in [2.05, 4.69) is 34.7 Å². The van der Waals surface area contributed by atoms with Crippen LogP contribution in [0.2, 0.25) is 0 Å². The Morgan fingerprint density at radius 3 is 2.94 bits per heavy atom. The molecule has 1 aliphatic rings. The zero-order valence-corrected chi connectivity index (χ0v) is 12.0. The highest BCUT2D eigenvalue weighted by Gasteiger charge is 2.18. The third-order valence-corrected chi connectivity index (χ3v) is 3.51. The van der Waals surface area contributed by atoms with Gasteiger partial charge in [0.05, 0.1) is 19.3 Å². The highest BCUT2D eigenvalue weighted by atomic mass is 79.9. The van der Waals surface area contributed by atoms with Crippen LogP contribution in [0.3, 0.4) is 0 Å². The van der Waals surface area contributed by atoms with E-state index in [4.69, 9.17) is 9.47 Å². The molecule has 0 aromatic carbocycles. The molecule has 1 rings (SSSR count). The number of alkyl halides is 1. The maximum absolute atomic E-state index is 5.62. The van der Waals surface area contributed by atoms with Gasteiger partial charge in [0.2, 0.25) is 0 Å². The number of ether oxygens (including phenoxy) is 2. The number of morpholine rings is 1. The smallest absolute Gasteiger partial charge is 0.0799 e. The van der Waals surface area contributed by atoms with Crippen LogP contribution in [0.1, 0.15) is 20.3 Å².